The number of hydrogen-bond donors (Lipinski definition) is 1. The van der Waals surface area contributed by atoms with E-state index in [4.69, 9.17) is 4.74 Å². The maximum absolute atomic E-state index is 12.1. The third-order valence-corrected chi connectivity index (χ3v) is 3.09. The highest BCUT2D eigenvalue weighted by Gasteiger charge is 2.31. The highest BCUT2D eigenvalue weighted by Crippen LogP contribution is 2.31. The average Bonchev–Trinajstić information content (AvgIpc) is 2.37. The molecule has 0 saturated heterocycles. The number of carbonyl (C=O) groups excluding carboxylic acids is 1. The Balaban J connectivity index is 2.62. The van der Waals surface area contributed by atoms with E-state index in [9.17, 15) is 18.0 Å². The van der Waals surface area contributed by atoms with Gasteiger partial charge in [-0.2, -0.15) is 0 Å². The summed E-state index contributed by atoms with van der Waals surface area (Å²) in [4.78, 5) is 11.4. The first-order chi connectivity index (χ1) is 9.73. The molecule has 1 aromatic carbocycles. The van der Waals surface area contributed by atoms with Crippen molar-refractivity contribution in [1.82, 2.24) is 5.32 Å². The van der Waals surface area contributed by atoms with Crippen molar-refractivity contribution in [1.29, 1.82) is 0 Å². The molecule has 0 aromatic heterocycles. The molecule has 0 spiro atoms. The fourth-order valence-corrected chi connectivity index (χ4v) is 1.99. The van der Waals surface area contributed by atoms with Crippen molar-refractivity contribution < 1.29 is 27.4 Å². The Labute approximate surface area is 128 Å². The molecule has 0 radical (unpaired) electrons. The van der Waals surface area contributed by atoms with E-state index < -0.39 is 12.4 Å². The number of rotatable bonds is 6. The number of alkyl halides is 3. The van der Waals surface area contributed by atoms with E-state index in [2.05, 4.69) is 26.0 Å². The highest BCUT2D eigenvalue weighted by molar-refractivity contribution is 9.10. The molecule has 0 bridgehead atoms. The monoisotopic (exact) mass is 369 g/mol. The summed E-state index contributed by atoms with van der Waals surface area (Å²) in [5.41, 5.74) is 0.701. The summed E-state index contributed by atoms with van der Waals surface area (Å²) in [6.45, 7) is 3.96. The van der Waals surface area contributed by atoms with E-state index in [-0.39, 0.29) is 16.2 Å². The lowest BCUT2D eigenvalue weighted by atomic mass is 10.2. The molecule has 1 rings (SSSR count). The van der Waals surface area contributed by atoms with Crippen LogP contribution in [-0.4, -0.2) is 25.0 Å². The van der Waals surface area contributed by atoms with E-state index in [0.29, 0.717) is 18.7 Å². The number of benzene rings is 1. The molecule has 0 aliphatic rings. The van der Waals surface area contributed by atoms with Crippen molar-refractivity contribution in [2.45, 2.75) is 32.8 Å². The summed E-state index contributed by atoms with van der Waals surface area (Å²) in [6, 6.07) is 3.68. The minimum absolute atomic E-state index is 0.183. The van der Waals surface area contributed by atoms with Gasteiger partial charge in [0.05, 0.1) is 11.1 Å². The third-order valence-electron chi connectivity index (χ3n) is 2.47. The summed E-state index contributed by atoms with van der Waals surface area (Å²) in [6.07, 6.45) is -4.74. The van der Waals surface area contributed by atoms with Gasteiger partial charge in [-0.25, -0.2) is 0 Å². The van der Waals surface area contributed by atoms with Gasteiger partial charge in [-0.15, -0.1) is 13.2 Å². The molecule has 21 heavy (non-hydrogen) atoms. The fourth-order valence-electron chi connectivity index (χ4n) is 1.48. The second-order valence-electron chi connectivity index (χ2n) is 4.17. The number of halogens is 4. The minimum atomic E-state index is -4.74. The number of nitrogens with one attached hydrogen (secondary N) is 1. The maximum Gasteiger partial charge on any atom is 0.573 e. The highest BCUT2D eigenvalue weighted by atomic mass is 79.9. The summed E-state index contributed by atoms with van der Waals surface area (Å²) >= 11 is 3.02. The predicted molar refractivity (Wildman–Crippen MR) is 73.8 cm³/mol. The van der Waals surface area contributed by atoms with Crippen LogP contribution in [0.3, 0.4) is 0 Å². The molecule has 1 atom stereocenters. The third kappa shape index (κ3) is 6.34. The zero-order valence-electron chi connectivity index (χ0n) is 11.5. The van der Waals surface area contributed by atoms with Gasteiger partial charge in [0.2, 0.25) is 0 Å². The molecule has 0 aliphatic carbocycles. The summed E-state index contributed by atoms with van der Waals surface area (Å²) < 4.78 is 45.3. The first kappa shape index (κ1) is 17.8. The van der Waals surface area contributed by atoms with Gasteiger partial charge >= 0.3 is 12.3 Å². The fraction of sp³-hybridized carbons (Fsp3) is 0.462. The first-order valence-electron chi connectivity index (χ1n) is 6.17. The Morgan fingerprint density at radius 1 is 1.43 bits per heavy atom. The lowest BCUT2D eigenvalue weighted by Gasteiger charge is -2.14. The normalized spacial score (nSPS) is 12.9. The zero-order chi connectivity index (χ0) is 16.0. The van der Waals surface area contributed by atoms with Crippen molar-refractivity contribution in [2.24, 2.45) is 0 Å². The number of ether oxygens (including phenoxy) is 2. The van der Waals surface area contributed by atoms with Gasteiger partial charge in [0, 0.05) is 6.54 Å². The van der Waals surface area contributed by atoms with Crippen LogP contribution in [0.15, 0.2) is 22.7 Å². The lowest BCUT2D eigenvalue weighted by Crippen LogP contribution is -2.34. The molecule has 0 saturated carbocycles. The molecule has 8 heteroatoms. The van der Waals surface area contributed by atoms with Crippen LogP contribution in [0.5, 0.6) is 5.75 Å². The molecule has 4 nitrogen and oxygen atoms in total. The Kier molecular flexibility index (Phi) is 6.47. The molecule has 0 amide bonds. The molecular weight excluding hydrogens is 355 g/mol. The summed E-state index contributed by atoms with van der Waals surface area (Å²) in [5.74, 6) is -0.696. The van der Waals surface area contributed by atoms with Crippen molar-refractivity contribution >= 4 is 21.9 Å². The lowest BCUT2D eigenvalue weighted by molar-refractivity contribution is -0.274. The quantitative estimate of drug-likeness (QED) is 0.780. The zero-order valence-corrected chi connectivity index (χ0v) is 13.0. The number of carbonyl (C=O) groups is 1. The van der Waals surface area contributed by atoms with E-state index in [0.717, 1.165) is 0 Å². The Morgan fingerprint density at radius 3 is 2.62 bits per heavy atom. The van der Waals surface area contributed by atoms with Crippen LogP contribution in [0.2, 0.25) is 0 Å². The standard InChI is InChI=1S/C13H15BrF3NO3/c1-3-20-12(19)8(2)18-7-9-4-5-11(10(14)6-9)21-13(15,16)17/h4-6,8,18H,3,7H2,1-2H3. The second kappa shape index (κ2) is 7.65. The Bertz CT molecular complexity index is 494. The van der Waals surface area contributed by atoms with Gasteiger partial charge in [0.15, 0.2) is 0 Å². The Hall–Kier alpha value is -1.28. The molecule has 118 valence electrons. The van der Waals surface area contributed by atoms with Crippen LogP contribution < -0.4 is 10.1 Å². The van der Waals surface area contributed by atoms with Crippen molar-refractivity contribution in [3.63, 3.8) is 0 Å². The number of hydrogen-bond acceptors (Lipinski definition) is 4. The van der Waals surface area contributed by atoms with Crippen molar-refractivity contribution in [3.05, 3.63) is 28.2 Å². The molecule has 1 aromatic rings. The van der Waals surface area contributed by atoms with Crippen LogP contribution >= 0.6 is 15.9 Å². The maximum atomic E-state index is 12.1. The van der Waals surface area contributed by atoms with Gasteiger partial charge in [0.25, 0.3) is 0 Å². The van der Waals surface area contributed by atoms with E-state index in [1.807, 2.05) is 0 Å². The van der Waals surface area contributed by atoms with E-state index in [1.54, 1.807) is 13.8 Å². The smallest absolute Gasteiger partial charge is 0.465 e. The Morgan fingerprint density at radius 2 is 2.10 bits per heavy atom. The summed E-state index contributed by atoms with van der Waals surface area (Å²) in [5, 5.41) is 2.92. The van der Waals surface area contributed by atoms with Gasteiger partial charge in [0.1, 0.15) is 11.8 Å². The largest absolute Gasteiger partial charge is 0.573 e. The molecule has 0 fully saturated rings. The second-order valence-corrected chi connectivity index (χ2v) is 5.02. The van der Waals surface area contributed by atoms with Crippen LogP contribution in [0.25, 0.3) is 0 Å². The van der Waals surface area contributed by atoms with E-state index >= 15 is 0 Å². The minimum Gasteiger partial charge on any atom is -0.465 e. The van der Waals surface area contributed by atoms with Gasteiger partial charge < -0.3 is 14.8 Å². The predicted octanol–water partition coefficient (Wildman–Crippen LogP) is 3.39. The van der Waals surface area contributed by atoms with E-state index in [1.165, 1.54) is 18.2 Å². The van der Waals surface area contributed by atoms with Crippen LogP contribution in [0, 0.1) is 0 Å². The van der Waals surface area contributed by atoms with Crippen LogP contribution in [0.1, 0.15) is 19.4 Å². The van der Waals surface area contributed by atoms with Crippen LogP contribution in [0.4, 0.5) is 13.2 Å². The average molecular weight is 370 g/mol. The topological polar surface area (TPSA) is 47.6 Å². The number of esters is 1. The SMILES string of the molecule is CCOC(=O)C(C)NCc1ccc(OC(F)(F)F)c(Br)c1. The van der Waals surface area contributed by atoms with Gasteiger partial charge in [-0.1, -0.05) is 6.07 Å². The van der Waals surface area contributed by atoms with Crippen molar-refractivity contribution in [3.8, 4) is 5.75 Å². The van der Waals surface area contributed by atoms with Crippen molar-refractivity contribution in [2.75, 3.05) is 6.61 Å². The molecular formula is C13H15BrF3NO3. The van der Waals surface area contributed by atoms with Gasteiger partial charge in [-0.05, 0) is 47.5 Å². The summed E-state index contributed by atoms with van der Waals surface area (Å²) in [7, 11) is 0. The first-order valence-corrected chi connectivity index (χ1v) is 6.96. The molecule has 0 heterocycles. The van der Waals surface area contributed by atoms with Gasteiger partial charge in [-0.3, -0.25) is 4.79 Å². The molecule has 1 unspecified atom stereocenters. The molecule has 1 N–H and O–H groups in total. The van der Waals surface area contributed by atoms with Crippen LogP contribution in [-0.2, 0) is 16.1 Å². The molecule has 0 aliphatic heterocycles.